The zero-order valence-electron chi connectivity index (χ0n) is 12.7. The van der Waals surface area contributed by atoms with Gasteiger partial charge in [0, 0.05) is 43.8 Å². The Bertz CT molecular complexity index is 746. The van der Waals surface area contributed by atoms with Crippen LogP contribution in [-0.4, -0.2) is 43.7 Å². The average Bonchev–Trinajstić information content (AvgIpc) is 2.54. The molecular formula is C16H17F2N3O2. The van der Waals surface area contributed by atoms with Gasteiger partial charge in [-0.2, -0.15) is 0 Å². The molecule has 1 N–H and O–H groups in total. The zero-order chi connectivity index (χ0) is 16.4. The van der Waals surface area contributed by atoms with Crippen molar-refractivity contribution in [1.82, 2.24) is 10.3 Å². The zero-order valence-corrected chi connectivity index (χ0v) is 12.7. The summed E-state index contributed by atoms with van der Waals surface area (Å²) in [6, 6.07) is 2.01. The highest BCUT2D eigenvalue weighted by Gasteiger charge is 2.24. The van der Waals surface area contributed by atoms with Gasteiger partial charge < -0.3 is 15.0 Å². The number of pyridine rings is 1. The standard InChI is InChI=1S/C16H17F2N3O2/c1-2-23-16(22)12-9-20-14-11(7-10(17)8-13(14)18)15(12)21-5-3-19-4-6-21/h7-9,19H,2-6H2,1H3. The highest BCUT2D eigenvalue weighted by Crippen LogP contribution is 2.32. The Balaban J connectivity index is 2.23. The maximum absolute atomic E-state index is 14.0. The molecule has 2 aromatic rings. The van der Waals surface area contributed by atoms with E-state index in [1.54, 1.807) is 6.92 Å². The Kier molecular flexibility index (Phi) is 4.38. The molecular weight excluding hydrogens is 304 g/mol. The molecule has 0 spiro atoms. The lowest BCUT2D eigenvalue weighted by Crippen LogP contribution is -2.44. The first-order valence-electron chi connectivity index (χ1n) is 7.52. The number of fused-ring (bicyclic) bond motifs is 1. The SMILES string of the molecule is CCOC(=O)c1cnc2c(F)cc(F)cc2c1N1CCNCC1. The van der Waals surface area contributed by atoms with E-state index in [0.717, 1.165) is 19.2 Å². The van der Waals surface area contributed by atoms with Crippen LogP contribution in [0.15, 0.2) is 18.3 Å². The normalized spacial score (nSPS) is 15.0. The maximum atomic E-state index is 14.0. The summed E-state index contributed by atoms with van der Waals surface area (Å²) in [6.45, 7) is 4.63. The van der Waals surface area contributed by atoms with Crippen LogP contribution in [0, 0.1) is 11.6 Å². The van der Waals surface area contributed by atoms with Crippen LogP contribution in [0.25, 0.3) is 10.9 Å². The van der Waals surface area contributed by atoms with E-state index in [0.29, 0.717) is 18.8 Å². The second-order valence-corrected chi connectivity index (χ2v) is 5.26. The second-order valence-electron chi connectivity index (χ2n) is 5.26. The first-order chi connectivity index (χ1) is 11.1. The smallest absolute Gasteiger partial charge is 0.341 e. The van der Waals surface area contributed by atoms with E-state index < -0.39 is 17.6 Å². The summed E-state index contributed by atoms with van der Waals surface area (Å²) in [5.41, 5.74) is 0.757. The number of anilines is 1. The van der Waals surface area contributed by atoms with E-state index in [-0.39, 0.29) is 23.1 Å². The molecule has 0 saturated carbocycles. The minimum atomic E-state index is -0.744. The van der Waals surface area contributed by atoms with Crippen LogP contribution in [0.4, 0.5) is 14.5 Å². The number of hydrogen-bond acceptors (Lipinski definition) is 5. The molecule has 122 valence electrons. The van der Waals surface area contributed by atoms with Crippen LogP contribution in [0.3, 0.4) is 0 Å². The number of carbonyl (C=O) groups is 1. The van der Waals surface area contributed by atoms with Gasteiger partial charge >= 0.3 is 5.97 Å². The summed E-state index contributed by atoms with van der Waals surface area (Å²) in [4.78, 5) is 18.2. The van der Waals surface area contributed by atoms with Gasteiger partial charge in [-0.1, -0.05) is 0 Å². The molecule has 5 nitrogen and oxygen atoms in total. The number of halogens is 2. The van der Waals surface area contributed by atoms with Gasteiger partial charge in [-0.05, 0) is 13.0 Å². The van der Waals surface area contributed by atoms with Crippen LogP contribution >= 0.6 is 0 Å². The summed E-state index contributed by atoms with van der Waals surface area (Å²) in [5.74, 6) is -1.99. The molecule has 7 heteroatoms. The Morgan fingerprint density at radius 3 is 2.78 bits per heavy atom. The lowest BCUT2D eigenvalue weighted by Gasteiger charge is -2.31. The number of benzene rings is 1. The first-order valence-corrected chi connectivity index (χ1v) is 7.52. The molecule has 23 heavy (non-hydrogen) atoms. The van der Waals surface area contributed by atoms with Crippen molar-refractivity contribution in [2.24, 2.45) is 0 Å². The molecule has 3 rings (SSSR count). The molecule has 1 aliphatic heterocycles. The number of nitrogens with zero attached hydrogens (tertiary/aromatic N) is 2. The summed E-state index contributed by atoms with van der Waals surface area (Å²) in [6.07, 6.45) is 1.30. The van der Waals surface area contributed by atoms with Gasteiger partial charge in [-0.25, -0.2) is 13.6 Å². The van der Waals surface area contributed by atoms with Gasteiger partial charge in [-0.3, -0.25) is 4.98 Å². The number of carbonyl (C=O) groups excluding carboxylic acids is 1. The predicted molar refractivity (Wildman–Crippen MR) is 82.7 cm³/mol. The van der Waals surface area contributed by atoms with E-state index in [1.807, 2.05) is 4.90 Å². The van der Waals surface area contributed by atoms with Crippen molar-refractivity contribution in [3.63, 3.8) is 0 Å². The van der Waals surface area contributed by atoms with Gasteiger partial charge in [0.05, 0.1) is 12.3 Å². The predicted octanol–water partition coefficient (Wildman–Crippen LogP) is 2.10. The molecule has 0 radical (unpaired) electrons. The number of esters is 1. The quantitative estimate of drug-likeness (QED) is 0.878. The number of aromatic nitrogens is 1. The number of piperazine rings is 1. The highest BCUT2D eigenvalue weighted by molar-refractivity contribution is 6.05. The van der Waals surface area contributed by atoms with Crippen molar-refractivity contribution in [2.45, 2.75) is 6.92 Å². The van der Waals surface area contributed by atoms with E-state index in [2.05, 4.69) is 10.3 Å². The number of nitrogens with one attached hydrogen (secondary N) is 1. The van der Waals surface area contributed by atoms with Crippen LogP contribution in [0.2, 0.25) is 0 Å². The van der Waals surface area contributed by atoms with Crippen molar-refractivity contribution in [1.29, 1.82) is 0 Å². The van der Waals surface area contributed by atoms with Crippen molar-refractivity contribution in [3.8, 4) is 0 Å². The van der Waals surface area contributed by atoms with E-state index >= 15 is 0 Å². The summed E-state index contributed by atoms with van der Waals surface area (Å²) >= 11 is 0. The van der Waals surface area contributed by atoms with E-state index in [1.165, 1.54) is 12.3 Å². The fourth-order valence-electron chi connectivity index (χ4n) is 2.80. The lowest BCUT2D eigenvalue weighted by molar-refractivity contribution is 0.0526. The van der Waals surface area contributed by atoms with Crippen LogP contribution in [0.5, 0.6) is 0 Å². The molecule has 1 fully saturated rings. The fraction of sp³-hybridized carbons (Fsp3) is 0.375. The molecule has 0 aliphatic carbocycles. The molecule has 1 saturated heterocycles. The van der Waals surface area contributed by atoms with Gasteiger partial charge in [-0.15, -0.1) is 0 Å². The molecule has 1 aromatic carbocycles. The average molecular weight is 321 g/mol. The second kappa shape index (κ2) is 6.45. The summed E-state index contributed by atoms with van der Waals surface area (Å²) < 4.78 is 32.8. The van der Waals surface area contributed by atoms with Crippen molar-refractivity contribution in [3.05, 3.63) is 35.5 Å². The minimum Gasteiger partial charge on any atom is -0.462 e. The molecule has 0 bridgehead atoms. The number of rotatable bonds is 3. The Labute approximate surface area is 132 Å². The molecule has 1 aromatic heterocycles. The molecule has 2 heterocycles. The largest absolute Gasteiger partial charge is 0.462 e. The van der Waals surface area contributed by atoms with E-state index in [4.69, 9.17) is 4.74 Å². The van der Waals surface area contributed by atoms with Crippen LogP contribution < -0.4 is 10.2 Å². The monoisotopic (exact) mass is 321 g/mol. The molecule has 0 amide bonds. The number of ether oxygens (including phenoxy) is 1. The third kappa shape index (κ3) is 2.96. The van der Waals surface area contributed by atoms with Crippen LogP contribution in [0.1, 0.15) is 17.3 Å². The maximum Gasteiger partial charge on any atom is 0.341 e. The summed E-state index contributed by atoms with van der Waals surface area (Å²) in [5, 5.41) is 3.49. The van der Waals surface area contributed by atoms with E-state index in [9.17, 15) is 13.6 Å². The van der Waals surface area contributed by atoms with Crippen molar-refractivity contribution in [2.75, 3.05) is 37.7 Å². The van der Waals surface area contributed by atoms with Gasteiger partial charge in [0.25, 0.3) is 0 Å². The Morgan fingerprint density at radius 1 is 1.35 bits per heavy atom. The van der Waals surface area contributed by atoms with Gasteiger partial charge in [0.15, 0.2) is 5.82 Å². The molecule has 0 unspecified atom stereocenters. The summed E-state index contributed by atoms with van der Waals surface area (Å²) in [7, 11) is 0. The van der Waals surface area contributed by atoms with Gasteiger partial charge in [0.1, 0.15) is 16.9 Å². The van der Waals surface area contributed by atoms with Crippen molar-refractivity contribution >= 4 is 22.6 Å². The van der Waals surface area contributed by atoms with Crippen LogP contribution in [-0.2, 0) is 4.74 Å². The lowest BCUT2D eigenvalue weighted by atomic mass is 10.1. The first kappa shape index (κ1) is 15.6. The third-order valence-electron chi connectivity index (χ3n) is 3.79. The molecule has 0 atom stereocenters. The fourth-order valence-corrected chi connectivity index (χ4v) is 2.80. The van der Waals surface area contributed by atoms with Crippen molar-refractivity contribution < 1.29 is 18.3 Å². The topological polar surface area (TPSA) is 54.5 Å². The Hall–Kier alpha value is -2.28. The third-order valence-corrected chi connectivity index (χ3v) is 3.79. The van der Waals surface area contributed by atoms with Gasteiger partial charge in [0.2, 0.25) is 0 Å². The highest BCUT2D eigenvalue weighted by atomic mass is 19.1. The number of hydrogen-bond donors (Lipinski definition) is 1. The minimum absolute atomic E-state index is 0.0491. The molecule has 1 aliphatic rings. The Morgan fingerprint density at radius 2 is 2.09 bits per heavy atom.